The molecule has 0 radical (unpaired) electrons. The fourth-order valence-electron chi connectivity index (χ4n) is 2.70. The third-order valence-electron chi connectivity index (χ3n) is 4.10. The molecule has 0 saturated heterocycles. The van der Waals surface area contributed by atoms with E-state index in [1.54, 1.807) is 17.6 Å². The number of nitrogens with one attached hydrogen (secondary N) is 1. The zero-order valence-electron chi connectivity index (χ0n) is 16.2. The molecule has 1 atom stereocenters. The second-order valence-electron chi connectivity index (χ2n) is 6.24. The van der Waals surface area contributed by atoms with Crippen LogP contribution in [0, 0.1) is 17.5 Å². The number of rotatable bonds is 8. The van der Waals surface area contributed by atoms with E-state index >= 15 is 0 Å². The van der Waals surface area contributed by atoms with Crippen molar-refractivity contribution in [3.8, 4) is 5.75 Å². The summed E-state index contributed by atoms with van der Waals surface area (Å²) in [4.78, 5) is 12.1. The monoisotopic (exact) mass is 436 g/mol. The number of halogens is 3. The van der Waals surface area contributed by atoms with Gasteiger partial charge in [-0.25, -0.2) is 13.2 Å². The van der Waals surface area contributed by atoms with E-state index in [2.05, 4.69) is 15.5 Å². The fourth-order valence-corrected chi connectivity index (χ4v) is 3.51. The van der Waals surface area contributed by atoms with Crippen LogP contribution in [0.25, 0.3) is 0 Å². The lowest BCUT2D eigenvalue weighted by atomic mass is 10.3. The van der Waals surface area contributed by atoms with E-state index in [0.717, 1.165) is 23.9 Å². The van der Waals surface area contributed by atoms with Crippen molar-refractivity contribution >= 4 is 23.4 Å². The first-order valence-corrected chi connectivity index (χ1v) is 10.1. The molecule has 1 aromatic heterocycles. The van der Waals surface area contributed by atoms with Crippen LogP contribution in [0.3, 0.4) is 0 Å². The Morgan fingerprint density at radius 1 is 1.17 bits per heavy atom. The van der Waals surface area contributed by atoms with Gasteiger partial charge in [-0.2, -0.15) is 0 Å². The van der Waals surface area contributed by atoms with E-state index < -0.39 is 29.5 Å². The van der Waals surface area contributed by atoms with Crippen LogP contribution in [0.4, 0.5) is 18.9 Å². The standard InChI is InChI=1S/C20H19F3N4O2S/c1-3-27-19(12(2)29-17-9-8-13(21)10-15(17)23)25-26-20(27)30-11-18(28)24-16-7-5-4-6-14(16)22/h4-10,12H,3,11H2,1-2H3,(H,24,28). The van der Waals surface area contributed by atoms with Gasteiger partial charge in [0.1, 0.15) is 11.6 Å². The summed E-state index contributed by atoms with van der Waals surface area (Å²) in [6, 6.07) is 8.93. The van der Waals surface area contributed by atoms with Crippen LogP contribution >= 0.6 is 11.8 Å². The van der Waals surface area contributed by atoms with E-state index in [0.29, 0.717) is 17.5 Å². The molecule has 158 valence electrons. The lowest BCUT2D eigenvalue weighted by Crippen LogP contribution is -2.16. The number of carbonyl (C=O) groups is 1. The maximum Gasteiger partial charge on any atom is 0.234 e. The smallest absolute Gasteiger partial charge is 0.234 e. The highest BCUT2D eigenvalue weighted by atomic mass is 32.2. The predicted octanol–water partition coefficient (Wildman–Crippen LogP) is 4.59. The topological polar surface area (TPSA) is 69.0 Å². The summed E-state index contributed by atoms with van der Waals surface area (Å²) in [5, 5.41) is 11.1. The van der Waals surface area contributed by atoms with Gasteiger partial charge < -0.3 is 14.6 Å². The van der Waals surface area contributed by atoms with E-state index in [4.69, 9.17) is 4.74 Å². The fraction of sp³-hybridized carbons (Fsp3) is 0.250. The van der Waals surface area contributed by atoms with Crippen molar-refractivity contribution in [2.24, 2.45) is 0 Å². The highest BCUT2D eigenvalue weighted by molar-refractivity contribution is 7.99. The lowest BCUT2D eigenvalue weighted by Gasteiger charge is -2.16. The predicted molar refractivity (Wildman–Crippen MR) is 107 cm³/mol. The van der Waals surface area contributed by atoms with E-state index in [1.807, 2.05) is 6.92 Å². The first-order chi connectivity index (χ1) is 14.4. The number of hydrogen-bond acceptors (Lipinski definition) is 5. The van der Waals surface area contributed by atoms with E-state index in [9.17, 15) is 18.0 Å². The van der Waals surface area contributed by atoms with Gasteiger partial charge in [0.2, 0.25) is 5.91 Å². The minimum Gasteiger partial charge on any atom is -0.480 e. The Kier molecular flexibility index (Phi) is 6.99. The van der Waals surface area contributed by atoms with Crippen molar-refractivity contribution < 1.29 is 22.7 Å². The second kappa shape index (κ2) is 9.66. The molecular formula is C20H19F3N4O2S. The van der Waals surface area contributed by atoms with Crippen LogP contribution in [0.2, 0.25) is 0 Å². The molecule has 1 heterocycles. The molecule has 0 aliphatic rings. The molecule has 3 aromatic rings. The van der Waals surface area contributed by atoms with Crippen molar-refractivity contribution in [1.82, 2.24) is 14.8 Å². The minimum atomic E-state index is -0.816. The molecule has 0 bridgehead atoms. The van der Waals surface area contributed by atoms with Gasteiger partial charge in [-0.05, 0) is 38.1 Å². The first-order valence-electron chi connectivity index (χ1n) is 9.11. The number of hydrogen-bond donors (Lipinski definition) is 1. The summed E-state index contributed by atoms with van der Waals surface area (Å²) in [6.45, 7) is 4.01. The molecule has 6 nitrogen and oxygen atoms in total. The molecule has 1 unspecified atom stereocenters. The lowest BCUT2D eigenvalue weighted by molar-refractivity contribution is -0.113. The second-order valence-corrected chi connectivity index (χ2v) is 7.18. The Labute approximate surface area is 175 Å². The Bertz CT molecular complexity index is 1040. The number of amides is 1. The van der Waals surface area contributed by atoms with Crippen molar-refractivity contribution in [2.45, 2.75) is 31.7 Å². The summed E-state index contributed by atoms with van der Waals surface area (Å²) in [6.07, 6.45) is -0.668. The highest BCUT2D eigenvalue weighted by Crippen LogP contribution is 2.27. The minimum absolute atomic E-state index is 0.00566. The number of anilines is 1. The Morgan fingerprint density at radius 3 is 2.63 bits per heavy atom. The number of carbonyl (C=O) groups excluding carboxylic acids is 1. The van der Waals surface area contributed by atoms with Crippen LogP contribution < -0.4 is 10.1 Å². The zero-order valence-corrected chi connectivity index (χ0v) is 17.0. The quantitative estimate of drug-likeness (QED) is 0.524. The molecule has 10 heteroatoms. The number of benzene rings is 2. The van der Waals surface area contributed by atoms with Gasteiger partial charge in [-0.1, -0.05) is 23.9 Å². The van der Waals surface area contributed by atoms with Crippen molar-refractivity contribution in [3.63, 3.8) is 0 Å². The van der Waals surface area contributed by atoms with E-state index in [-0.39, 0.29) is 17.2 Å². The SMILES string of the molecule is CCn1c(SCC(=O)Nc2ccccc2F)nnc1C(C)Oc1ccc(F)cc1F. The number of nitrogens with zero attached hydrogens (tertiary/aromatic N) is 3. The maximum atomic E-state index is 13.8. The van der Waals surface area contributed by atoms with Crippen LogP contribution in [0.5, 0.6) is 5.75 Å². The number of ether oxygens (including phenoxy) is 1. The van der Waals surface area contributed by atoms with Crippen LogP contribution in [0.15, 0.2) is 47.6 Å². The van der Waals surface area contributed by atoms with E-state index in [1.165, 1.54) is 24.3 Å². The summed E-state index contributed by atoms with van der Waals surface area (Å²) >= 11 is 1.13. The van der Waals surface area contributed by atoms with Gasteiger partial charge in [0.05, 0.1) is 11.4 Å². The summed E-state index contributed by atoms with van der Waals surface area (Å²) in [7, 11) is 0. The third kappa shape index (κ3) is 5.12. The highest BCUT2D eigenvalue weighted by Gasteiger charge is 2.21. The largest absolute Gasteiger partial charge is 0.480 e. The molecule has 0 saturated carbocycles. The molecule has 3 rings (SSSR count). The average Bonchev–Trinajstić information content (AvgIpc) is 3.13. The van der Waals surface area contributed by atoms with Crippen molar-refractivity contribution in [2.75, 3.05) is 11.1 Å². The molecule has 0 fully saturated rings. The van der Waals surface area contributed by atoms with Gasteiger partial charge in [0, 0.05) is 12.6 Å². The van der Waals surface area contributed by atoms with Crippen molar-refractivity contribution in [3.05, 3.63) is 65.7 Å². The zero-order chi connectivity index (χ0) is 21.7. The first kappa shape index (κ1) is 21.7. The average molecular weight is 436 g/mol. The van der Waals surface area contributed by atoms with Gasteiger partial charge in [-0.3, -0.25) is 4.79 Å². The summed E-state index contributed by atoms with van der Waals surface area (Å²) in [5.41, 5.74) is 0.101. The van der Waals surface area contributed by atoms with Gasteiger partial charge in [0.25, 0.3) is 0 Å². The molecule has 0 aliphatic carbocycles. The maximum absolute atomic E-state index is 13.8. The number of aromatic nitrogens is 3. The third-order valence-corrected chi connectivity index (χ3v) is 5.07. The molecule has 1 amide bonds. The number of para-hydroxylation sites is 1. The van der Waals surface area contributed by atoms with Crippen LogP contribution in [-0.2, 0) is 11.3 Å². The normalized spacial score (nSPS) is 11.9. The Hall–Kier alpha value is -3.01. The van der Waals surface area contributed by atoms with Crippen molar-refractivity contribution in [1.29, 1.82) is 0 Å². The molecule has 1 N–H and O–H groups in total. The van der Waals surface area contributed by atoms with Crippen LogP contribution in [-0.4, -0.2) is 26.4 Å². The summed E-state index contributed by atoms with van der Waals surface area (Å²) in [5.74, 6) is -2.11. The number of thioether (sulfide) groups is 1. The van der Waals surface area contributed by atoms with Gasteiger partial charge in [-0.15, -0.1) is 10.2 Å². The van der Waals surface area contributed by atoms with Gasteiger partial charge in [0.15, 0.2) is 28.7 Å². The Balaban J connectivity index is 1.66. The molecular weight excluding hydrogens is 417 g/mol. The van der Waals surface area contributed by atoms with Gasteiger partial charge >= 0.3 is 0 Å². The van der Waals surface area contributed by atoms with Crippen LogP contribution in [0.1, 0.15) is 25.8 Å². The molecule has 2 aromatic carbocycles. The molecule has 30 heavy (non-hydrogen) atoms. The summed E-state index contributed by atoms with van der Waals surface area (Å²) < 4.78 is 47.8. The molecule has 0 aliphatic heterocycles. The Morgan fingerprint density at radius 2 is 1.93 bits per heavy atom. The molecule has 0 spiro atoms.